The molecule has 0 aromatic heterocycles. The fourth-order valence-corrected chi connectivity index (χ4v) is 1.71. The van der Waals surface area contributed by atoms with Crippen LogP contribution in [0, 0.1) is 5.92 Å². The molecule has 5 nitrogen and oxygen atoms in total. The molecular formula is C11H19NO4. The Morgan fingerprint density at radius 3 is 2.62 bits per heavy atom. The Hall–Kier alpha value is -1.10. The van der Waals surface area contributed by atoms with Crippen LogP contribution in [0.2, 0.25) is 0 Å². The Bertz CT molecular complexity index is 248. The third-order valence-electron chi connectivity index (χ3n) is 2.58. The number of carbonyl (C=O) groups excluding carboxylic acids is 1. The molecule has 1 N–H and O–H groups in total. The third-order valence-corrected chi connectivity index (χ3v) is 2.58. The summed E-state index contributed by atoms with van der Waals surface area (Å²) in [6.45, 7) is 4.34. The van der Waals surface area contributed by atoms with E-state index in [1.54, 1.807) is 4.90 Å². The highest BCUT2D eigenvalue weighted by Gasteiger charge is 2.31. The van der Waals surface area contributed by atoms with Crippen LogP contribution in [0.15, 0.2) is 0 Å². The van der Waals surface area contributed by atoms with Crippen molar-refractivity contribution in [3.63, 3.8) is 0 Å². The normalized spacial score (nSPS) is 15.9. The van der Waals surface area contributed by atoms with E-state index < -0.39 is 5.97 Å². The summed E-state index contributed by atoms with van der Waals surface area (Å²) in [4.78, 5) is 23.6. The van der Waals surface area contributed by atoms with Gasteiger partial charge in [0.1, 0.15) is 0 Å². The van der Waals surface area contributed by atoms with Gasteiger partial charge in [-0.15, -0.1) is 0 Å². The molecule has 0 aliphatic carbocycles. The number of hydrogen-bond donors (Lipinski definition) is 1. The van der Waals surface area contributed by atoms with Gasteiger partial charge in [0.25, 0.3) is 0 Å². The molecule has 5 heteroatoms. The minimum absolute atomic E-state index is 0.0674. The van der Waals surface area contributed by atoms with E-state index >= 15 is 0 Å². The number of nitrogens with zero attached hydrogens (tertiary/aromatic N) is 1. The number of rotatable bonds is 7. The van der Waals surface area contributed by atoms with Gasteiger partial charge in [0.05, 0.1) is 19.4 Å². The Morgan fingerprint density at radius 2 is 2.06 bits per heavy atom. The van der Waals surface area contributed by atoms with Gasteiger partial charge in [-0.05, 0) is 6.42 Å². The molecule has 1 heterocycles. The summed E-state index contributed by atoms with van der Waals surface area (Å²) < 4.78 is 5.22. The predicted molar refractivity (Wildman–Crippen MR) is 58.0 cm³/mol. The number of ether oxygens (including phenoxy) is 1. The van der Waals surface area contributed by atoms with Gasteiger partial charge in [0.2, 0.25) is 5.91 Å². The summed E-state index contributed by atoms with van der Waals surface area (Å²) in [6.07, 6.45) is 1.52. The van der Waals surface area contributed by atoms with Gasteiger partial charge in [-0.25, -0.2) is 0 Å². The number of aliphatic carboxylic acids is 1. The highest BCUT2D eigenvalue weighted by Crippen LogP contribution is 2.19. The fraction of sp³-hybridized carbons (Fsp3) is 0.818. The predicted octanol–water partition coefficient (Wildman–Crippen LogP) is 0.736. The lowest BCUT2D eigenvalue weighted by Gasteiger charge is -2.38. The number of amides is 1. The second kappa shape index (κ2) is 6.48. The largest absolute Gasteiger partial charge is 0.481 e. The average Bonchev–Trinajstić information content (AvgIpc) is 2.17. The van der Waals surface area contributed by atoms with E-state index in [0.717, 1.165) is 6.42 Å². The van der Waals surface area contributed by atoms with Crippen molar-refractivity contribution in [2.45, 2.75) is 26.2 Å². The molecule has 92 valence electrons. The van der Waals surface area contributed by atoms with Gasteiger partial charge < -0.3 is 14.7 Å². The van der Waals surface area contributed by atoms with Crippen molar-refractivity contribution in [3.05, 3.63) is 0 Å². The van der Waals surface area contributed by atoms with Crippen molar-refractivity contribution in [2.24, 2.45) is 5.92 Å². The first kappa shape index (κ1) is 13.0. The molecule has 0 aromatic carbocycles. The fourth-order valence-electron chi connectivity index (χ4n) is 1.71. The van der Waals surface area contributed by atoms with Gasteiger partial charge in [-0.1, -0.05) is 6.92 Å². The smallest absolute Gasteiger partial charge is 0.303 e. The maximum Gasteiger partial charge on any atom is 0.303 e. The molecule has 1 rings (SSSR count). The highest BCUT2D eigenvalue weighted by atomic mass is 16.5. The molecule has 0 radical (unpaired) electrons. The first-order chi connectivity index (χ1) is 7.63. The quantitative estimate of drug-likeness (QED) is 0.654. The molecule has 0 saturated carbocycles. The number of carboxylic acids is 1. The molecule has 0 atom stereocenters. The lowest BCUT2D eigenvalue weighted by molar-refractivity contribution is -0.145. The summed E-state index contributed by atoms with van der Waals surface area (Å²) in [5.74, 6) is -0.584. The summed E-state index contributed by atoms with van der Waals surface area (Å²) in [5, 5.41) is 8.55. The van der Waals surface area contributed by atoms with E-state index in [1.807, 2.05) is 6.92 Å². The summed E-state index contributed by atoms with van der Waals surface area (Å²) in [6, 6.07) is 0. The lowest BCUT2D eigenvalue weighted by Crippen LogP contribution is -2.50. The van der Waals surface area contributed by atoms with Crippen LogP contribution in [0.3, 0.4) is 0 Å². The zero-order chi connectivity index (χ0) is 12.0. The third kappa shape index (κ3) is 4.18. The Kier molecular flexibility index (Phi) is 5.25. The van der Waals surface area contributed by atoms with Crippen molar-refractivity contribution >= 4 is 11.9 Å². The summed E-state index contributed by atoms with van der Waals surface area (Å²) in [5.41, 5.74) is 0. The molecule has 16 heavy (non-hydrogen) atoms. The number of hydrogen-bond acceptors (Lipinski definition) is 3. The van der Waals surface area contributed by atoms with Gasteiger partial charge >= 0.3 is 5.97 Å². The molecule has 0 unspecified atom stereocenters. The van der Waals surface area contributed by atoms with E-state index in [-0.39, 0.29) is 18.2 Å². The first-order valence-corrected chi connectivity index (χ1v) is 5.70. The molecule has 0 aromatic rings. The van der Waals surface area contributed by atoms with Crippen molar-refractivity contribution in [1.82, 2.24) is 4.90 Å². The first-order valence-electron chi connectivity index (χ1n) is 5.70. The van der Waals surface area contributed by atoms with Crippen LogP contribution in [-0.2, 0) is 14.3 Å². The number of carboxylic acid groups (broad SMARTS) is 1. The van der Waals surface area contributed by atoms with Crippen LogP contribution in [0.5, 0.6) is 0 Å². The molecule has 1 saturated heterocycles. The van der Waals surface area contributed by atoms with Crippen LogP contribution >= 0.6 is 0 Å². The zero-order valence-corrected chi connectivity index (χ0v) is 9.65. The zero-order valence-electron chi connectivity index (χ0n) is 9.65. The lowest BCUT2D eigenvalue weighted by atomic mass is 9.96. The second-order valence-electron chi connectivity index (χ2n) is 4.12. The Labute approximate surface area is 95.4 Å². The van der Waals surface area contributed by atoms with E-state index in [9.17, 15) is 9.59 Å². The van der Waals surface area contributed by atoms with Gasteiger partial charge in [0.15, 0.2) is 0 Å². The van der Waals surface area contributed by atoms with Crippen LogP contribution in [0.4, 0.5) is 0 Å². The molecule has 0 spiro atoms. The van der Waals surface area contributed by atoms with E-state index in [0.29, 0.717) is 32.7 Å². The van der Waals surface area contributed by atoms with Crippen LogP contribution < -0.4 is 0 Å². The van der Waals surface area contributed by atoms with Gasteiger partial charge in [-0.3, -0.25) is 9.59 Å². The second-order valence-corrected chi connectivity index (χ2v) is 4.12. The number of carbonyl (C=O) groups is 2. The Balaban J connectivity index is 2.05. The molecular weight excluding hydrogens is 210 g/mol. The minimum Gasteiger partial charge on any atom is -0.481 e. The Morgan fingerprint density at radius 1 is 1.38 bits per heavy atom. The molecule has 1 amide bonds. The minimum atomic E-state index is -0.789. The van der Waals surface area contributed by atoms with Crippen LogP contribution in [-0.4, -0.2) is 48.2 Å². The summed E-state index contributed by atoms with van der Waals surface area (Å²) >= 11 is 0. The monoisotopic (exact) mass is 229 g/mol. The van der Waals surface area contributed by atoms with Crippen molar-refractivity contribution in [1.29, 1.82) is 0 Å². The van der Waals surface area contributed by atoms with E-state index in [2.05, 4.69) is 0 Å². The SMILES string of the molecule is CCCOCCC(=O)N1CC(CC(=O)O)C1. The van der Waals surface area contributed by atoms with Crippen molar-refractivity contribution < 1.29 is 19.4 Å². The van der Waals surface area contributed by atoms with Crippen LogP contribution in [0.1, 0.15) is 26.2 Å². The molecule has 1 aliphatic rings. The topological polar surface area (TPSA) is 66.8 Å². The summed E-state index contributed by atoms with van der Waals surface area (Å²) in [7, 11) is 0. The van der Waals surface area contributed by atoms with E-state index in [4.69, 9.17) is 9.84 Å². The average molecular weight is 229 g/mol. The van der Waals surface area contributed by atoms with Gasteiger partial charge in [-0.2, -0.15) is 0 Å². The maximum absolute atomic E-state index is 11.5. The van der Waals surface area contributed by atoms with Crippen molar-refractivity contribution in [3.8, 4) is 0 Å². The van der Waals surface area contributed by atoms with Gasteiger partial charge in [0, 0.05) is 25.6 Å². The maximum atomic E-state index is 11.5. The van der Waals surface area contributed by atoms with E-state index in [1.165, 1.54) is 0 Å². The number of likely N-dealkylation sites (tertiary alicyclic amines) is 1. The molecule has 1 fully saturated rings. The van der Waals surface area contributed by atoms with Crippen LogP contribution in [0.25, 0.3) is 0 Å². The molecule has 0 bridgehead atoms. The highest BCUT2D eigenvalue weighted by molar-refractivity contribution is 5.77. The van der Waals surface area contributed by atoms with Crippen molar-refractivity contribution in [2.75, 3.05) is 26.3 Å². The molecule has 1 aliphatic heterocycles. The standard InChI is InChI=1S/C11H19NO4/c1-2-4-16-5-3-10(13)12-7-9(8-12)6-11(14)15/h9H,2-8H2,1H3,(H,14,15).